The lowest BCUT2D eigenvalue weighted by molar-refractivity contribution is 0.100. The third kappa shape index (κ3) is 1.92. The zero-order chi connectivity index (χ0) is 11.7. The molecule has 0 atom stereocenters. The number of aromatic nitrogens is 1. The highest BCUT2D eigenvalue weighted by molar-refractivity contribution is 7.16. The van der Waals surface area contributed by atoms with E-state index in [-0.39, 0.29) is 0 Å². The molecule has 2 rings (SSSR count). The van der Waals surface area contributed by atoms with Crippen LogP contribution in [0.15, 0.2) is 16.8 Å². The summed E-state index contributed by atoms with van der Waals surface area (Å²) in [6, 6.07) is 1.66. The van der Waals surface area contributed by atoms with Crippen LogP contribution in [-0.4, -0.2) is 10.9 Å². The second-order valence-electron chi connectivity index (χ2n) is 3.15. The predicted molar refractivity (Wildman–Crippen MR) is 66.0 cm³/mol. The van der Waals surface area contributed by atoms with E-state index in [1.807, 2.05) is 12.3 Å². The van der Waals surface area contributed by atoms with Gasteiger partial charge in [0.25, 0.3) is 5.91 Å². The van der Waals surface area contributed by atoms with E-state index < -0.39 is 5.91 Å². The van der Waals surface area contributed by atoms with Crippen molar-refractivity contribution in [3.05, 3.63) is 28.1 Å². The summed E-state index contributed by atoms with van der Waals surface area (Å²) < 4.78 is 0. The molecule has 0 bridgehead atoms. The normalized spacial score (nSPS) is 10.4. The van der Waals surface area contributed by atoms with Crippen molar-refractivity contribution in [2.75, 3.05) is 5.01 Å². The van der Waals surface area contributed by atoms with Gasteiger partial charge in [-0.25, -0.2) is 15.8 Å². The standard InChI is InChI=1S/C9H10N4OS2/c1-5-4-16-9(12-5)13(11)8-6(7(10)14)2-3-15-8/h2-4H,11H2,1H3,(H2,10,14). The van der Waals surface area contributed by atoms with Crippen molar-refractivity contribution in [1.82, 2.24) is 4.98 Å². The molecule has 2 aromatic rings. The highest BCUT2D eigenvalue weighted by Crippen LogP contribution is 2.32. The number of thiazole rings is 1. The molecule has 1 amide bonds. The summed E-state index contributed by atoms with van der Waals surface area (Å²) in [5, 5.41) is 6.31. The Balaban J connectivity index is 2.37. The van der Waals surface area contributed by atoms with Crippen LogP contribution in [0.25, 0.3) is 0 Å². The van der Waals surface area contributed by atoms with Crippen LogP contribution in [0.1, 0.15) is 16.1 Å². The second kappa shape index (κ2) is 4.20. The molecular formula is C9H10N4OS2. The number of primary amides is 1. The van der Waals surface area contributed by atoms with E-state index in [4.69, 9.17) is 11.6 Å². The van der Waals surface area contributed by atoms with Crippen molar-refractivity contribution in [1.29, 1.82) is 0 Å². The van der Waals surface area contributed by atoms with Gasteiger partial charge >= 0.3 is 0 Å². The highest BCUT2D eigenvalue weighted by atomic mass is 32.1. The number of anilines is 2. The number of nitrogens with two attached hydrogens (primary N) is 2. The molecule has 0 unspecified atom stereocenters. The molecule has 0 spiro atoms. The maximum absolute atomic E-state index is 11.2. The minimum absolute atomic E-state index is 0.417. The van der Waals surface area contributed by atoms with Gasteiger partial charge in [0.05, 0.1) is 11.3 Å². The molecule has 0 aromatic carbocycles. The molecule has 0 fully saturated rings. The van der Waals surface area contributed by atoms with Crippen LogP contribution in [0.4, 0.5) is 10.1 Å². The first-order chi connectivity index (χ1) is 7.59. The Hall–Kier alpha value is -1.44. The quantitative estimate of drug-likeness (QED) is 0.644. The smallest absolute Gasteiger partial charge is 0.251 e. The summed E-state index contributed by atoms with van der Waals surface area (Å²) in [7, 11) is 0. The molecule has 2 aromatic heterocycles. The van der Waals surface area contributed by atoms with Gasteiger partial charge in [0.15, 0.2) is 0 Å². The van der Waals surface area contributed by atoms with Crippen molar-refractivity contribution >= 4 is 38.7 Å². The number of hydrogen-bond donors (Lipinski definition) is 2. The Labute approximate surface area is 100 Å². The van der Waals surface area contributed by atoms with Crippen molar-refractivity contribution < 1.29 is 4.79 Å². The Morgan fingerprint density at radius 2 is 2.25 bits per heavy atom. The van der Waals surface area contributed by atoms with E-state index in [1.165, 1.54) is 27.7 Å². The van der Waals surface area contributed by atoms with Crippen LogP contribution in [-0.2, 0) is 0 Å². The minimum Gasteiger partial charge on any atom is -0.366 e. The van der Waals surface area contributed by atoms with Gasteiger partial charge in [-0.3, -0.25) is 4.79 Å². The number of rotatable bonds is 3. The Kier molecular flexibility index (Phi) is 2.90. The van der Waals surface area contributed by atoms with Gasteiger partial charge in [-0.15, -0.1) is 22.7 Å². The lowest BCUT2D eigenvalue weighted by Crippen LogP contribution is -2.26. The molecule has 7 heteroatoms. The van der Waals surface area contributed by atoms with E-state index >= 15 is 0 Å². The molecule has 84 valence electrons. The SMILES string of the molecule is Cc1csc(N(N)c2sccc2C(N)=O)n1. The van der Waals surface area contributed by atoms with Crippen molar-refractivity contribution in [3.8, 4) is 0 Å². The first kappa shape index (κ1) is 11.1. The lowest BCUT2D eigenvalue weighted by atomic mass is 10.3. The van der Waals surface area contributed by atoms with Crippen LogP contribution in [0.3, 0.4) is 0 Å². The highest BCUT2D eigenvalue weighted by Gasteiger charge is 2.17. The van der Waals surface area contributed by atoms with Gasteiger partial charge in [-0.05, 0) is 18.4 Å². The van der Waals surface area contributed by atoms with Crippen molar-refractivity contribution in [2.45, 2.75) is 6.92 Å². The van der Waals surface area contributed by atoms with E-state index in [9.17, 15) is 4.79 Å². The lowest BCUT2D eigenvalue weighted by Gasteiger charge is -2.13. The number of hydrazine groups is 1. The number of carbonyl (C=O) groups excluding carboxylic acids is 1. The number of hydrogen-bond acceptors (Lipinski definition) is 6. The number of aryl methyl sites for hydroxylation is 1. The summed E-state index contributed by atoms with van der Waals surface area (Å²) in [6.45, 7) is 1.89. The number of nitrogens with zero attached hydrogens (tertiary/aromatic N) is 2. The maximum Gasteiger partial charge on any atom is 0.251 e. The van der Waals surface area contributed by atoms with Crippen molar-refractivity contribution in [2.24, 2.45) is 11.6 Å². The molecule has 0 saturated heterocycles. The fourth-order valence-corrected chi connectivity index (χ4v) is 2.83. The Morgan fingerprint density at radius 1 is 1.50 bits per heavy atom. The topological polar surface area (TPSA) is 85.2 Å². The minimum atomic E-state index is -0.486. The van der Waals surface area contributed by atoms with Gasteiger partial charge in [-0.1, -0.05) is 0 Å². The molecule has 5 nitrogen and oxygen atoms in total. The molecule has 0 aliphatic heterocycles. The van der Waals surface area contributed by atoms with E-state index in [0.717, 1.165) is 5.69 Å². The fourth-order valence-electron chi connectivity index (χ4n) is 1.21. The van der Waals surface area contributed by atoms with Crippen LogP contribution in [0.5, 0.6) is 0 Å². The Bertz CT molecular complexity index is 519. The average Bonchev–Trinajstić information content (AvgIpc) is 2.84. The molecule has 0 aliphatic carbocycles. The number of carbonyl (C=O) groups is 1. The largest absolute Gasteiger partial charge is 0.366 e. The van der Waals surface area contributed by atoms with Crippen LogP contribution >= 0.6 is 22.7 Å². The Morgan fingerprint density at radius 3 is 2.81 bits per heavy atom. The van der Waals surface area contributed by atoms with Gasteiger partial charge in [0, 0.05) is 5.38 Å². The van der Waals surface area contributed by atoms with Crippen molar-refractivity contribution in [3.63, 3.8) is 0 Å². The van der Waals surface area contributed by atoms with Gasteiger partial charge < -0.3 is 5.73 Å². The van der Waals surface area contributed by atoms with Crippen LogP contribution in [0.2, 0.25) is 0 Å². The maximum atomic E-state index is 11.2. The van der Waals surface area contributed by atoms with Gasteiger partial charge in [-0.2, -0.15) is 0 Å². The van der Waals surface area contributed by atoms with E-state index in [1.54, 1.807) is 11.4 Å². The summed E-state index contributed by atoms with van der Waals surface area (Å²) in [5.74, 6) is 5.41. The third-order valence-corrected chi connectivity index (χ3v) is 3.81. The third-order valence-electron chi connectivity index (χ3n) is 1.94. The van der Waals surface area contributed by atoms with Crippen LogP contribution in [0, 0.1) is 6.92 Å². The van der Waals surface area contributed by atoms with Gasteiger partial charge in [0.1, 0.15) is 5.00 Å². The first-order valence-corrected chi connectivity index (χ1v) is 6.20. The molecule has 4 N–H and O–H groups in total. The molecule has 16 heavy (non-hydrogen) atoms. The molecular weight excluding hydrogens is 244 g/mol. The molecule has 0 saturated carbocycles. The molecule has 0 radical (unpaired) electrons. The van der Waals surface area contributed by atoms with Gasteiger partial charge in [0.2, 0.25) is 5.13 Å². The molecule has 2 heterocycles. The summed E-state index contributed by atoms with van der Waals surface area (Å²) in [5.41, 5.74) is 6.56. The van der Waals surface area contributed by atoms with Crippen LogP contribution < -0.4 is 16.6 Å². The van der Waals surface area contributed by atoms with E-state index in [2.05, 4.69) is 4.98 Å². The zero-order valence-electron chi connectivity index (χ0n) is 8.51. The number of amides is 1. The van der Waals surface area contributed by atoms with E-state index in [0.29, 0.717) is 15.7 Å². The summed E-state index contributed by atoms with van der Waals surface area (Å²) in [4.78, 5) is 15.4. The summed E-state index contributed by atoms with van der Waals surface area (Å²) >= 11 is 2.78. The monoisotopic (exact) mass is 254 g/mol. The molecule has 0 aliphatic rings. The predicted octanol–water partition coefficient (Wildman–Crippen LogP) is 1.62. The zero-order valence-corrected chi connectivity index (χ0v) is 10.1. The average molecular weight is 254 g/mol. The summed E-state index contributed by atoms with van der Waals surface area (Å²) in [6.07, 6.45) is 0. The number of thiophene rings is 1. The second-order valence-corrected chi connectivity index (χ2v) is 4.88. The first-order valence-electron chi connectivity index (χ1n) is 4.44. The fraction of sp³-hybridized carbons (Fsp3) is 0.111.